The molecule has 3 rings (SSSR count). The number of hydrazone groups is 1. The van der Waals surface area contributed by atoms with Crippen molar-refractivity contribution in [2.75, 3.05) is 12.5 Å². The quantitative estimate of drug-likeness (QED) is 0.453. The largest absolute Gasteiger partial charge is 0.497 e. The lowest BCUT2D eigenvalue weighted by Gasteiger charge is -2.09. The van der Waals surface area contributed by atoms with Crippen LogP contribution in [0.5, 0.6) is 5.75 Å². The molecule has 1 aromatic heterocycles. The predicted octanol–water partition coefficient (Wildman–Crippen LogP) is 5.75. The maximum absolute atomic E-state index is 12.7. The van der Waals surface area contributed by atoms with Crippen LogP contribution in [0.15, 0.2) is 53.8 Å². The fourth-order valence-electron chi connectivity index (χ4n) is 2.45. The average Bonchev–Trinajstić information content (AvgIpc) is 2.65. The van der Waals surface area contributed by atoms with E-state index < -0.39 is 11.7 Å². The highest BCUT2D eigenvalue weighted by atomic mass is 35.5. The summed E-state index contributed by atoms with van der Waals surface area (Å²) in [6.45, 7) is 1.77. The number of anilines is 1. The van der Waals surface area contributed by atoms with Crippen LogP contribution in [0.25, 0.3) is 10.8 Å². The lowest BCUT2D eigenvalue weighted by atomic mass is 10.0. The molecule has 27 heavy (non-hydrogen) atoms. The van der Waals surface area contributed by atoms with Crippen LogP contribution in [0.3, 0.4) is 0 Å². The number of methoxy groups -OCH3 is 1. The molecule has 0 saturated heterocycles. The summed E-state index contributed by atoms with van der Waals surface area (Å²) >= 11 is 5.87. The molecule has 0 atom stereocenters. The van der Waals surface area contributed by atoms with Crippen LogP contribution in [-0.4, -0.2) is 17.8 Å². The summed E-state index contributed by atoms with van der Waals surface area (Å²) in [6, 6.07) is 12.3. The molecule has 2 aromatic carbocycles. The number of aromatic nitrogens is 1. The third-order valence-electron chi connectivity index (χ3n) is 3.96. The molecular formula is C19H15ClF3N3O. The molecule has 0 aliphatic rings. The molecule has 0 unspecified atom stereocenters. The molecule has 0 spiro atoms. The highest BCUT2D eigenvalue weighted by Gasteiger charge is 2.31. The van der Waals surface area contributed by atoms with E-state index in [9.17, 15) is 13.2 Å². The SMILES string of the molecule is COc1ccc2cc(C(C)=NNc3ncc(C(F)(F)F)cc3Cl)ccc2c1. The van der Waals surface area contributed by atoms with Gasteiger partial charge in [0.1, 0.15) is 5.75 Å². The van der Waals surface area contributed by atoms with Crippen molar-refractivity contribution in [1.82, 2.24) is 4.98 Å². The lowest BCUT2D eigenvalue weighted by molar-refractivity contribution is -0.137. The standard InChI is InChI=1S/C19H15ClF3N3O/c1-11(12-3-4-14-8-16(27-2)6-5-13(14)7-12)25-26-18-17(20)9-15(10-24-18)19(21,22)23/h3-10H,1-2H3,(H,24,26). The summed E-state index contributed by atoms with van der Waals surface area (Å²) in [4.78, 5) is 3.70. The molecule has 3 aromatic rings. The molecule has 0 fully saturated rings. The van der Waals surface area contributed by atoms with Gasteiger partial charge in [-0.05, 0) is 47.5 Å². The van der Waals surface area contributed by atoms with Gasteiger partial charge >= 0.3 is 6.18 Å². The van der Waals surface area contributed by atoms with Gasteiger partial charge in [-0.25, -0.2) is 4.98 Å². The van der Waals surface area contributed by atoms with Gasteiger partial charge in [0.15, 0.2) is 5.82 Å². The molecule has 0 radical (unpaired) electrons. The number of fused-ring (bicyclic) bond motifs is 1. The number of pyridine rings is 1. The van der Waals surface area contributed by atoms with Crippen molar-refractivity contribution >= 4 is 33.9 Å². The maximum atomic E-state index is 12.7. The van der Waals surface area contributed by atoms with Gasteiger partial charge in [0, 0.05) is 6.20 Å². The van der Waals surface area contributed by atoms with E-state index in [1.54, 1.807) is 14.0 Å². The zero-order valence-electron chi connectivity index (χ0n) is 14.4. The number of ether oxygens (including phenoxy) is 1. The van der Waals surface area contributed by atoms with Gasteiger partial charge in [0.05, 0.1) is 23.4 Å². The van der Waals surface area contributed by atoms with Gasteiger partial charge in [0.25, 0.3) is 0 Å². The number of hydrogen-bond acceptors (Lipinski definition) is 4. The maximum Gasteiger partial charge on any atom is 0.417 e. The number of nitrogens with zero attached hydrogens (tertiary/aromatic N) is 2. The Kier molecular flexibility index (Phi) is 5.23. The van der Waals surface area contributed by atoms with Gasteiger partial charge in [-0.15, -0.1) is 0 Å². The second-order valence-corrected chi connectivity index (χ2v) is 6.20. The van der Waals surface area contributed by atoms with Crippen molar-refractivity contribution in [2.45, 2.75) is 13.1 Å². The number of alkyl halides is 3. The van der Waals surface area contributed by atoms with Gasteiger partial charge in [0.2, 0.25) is 0 Å². The highest BCUT2D eigenvalue weighted by Crippen LogP contribution is 2.32. The van der Waals surface area contributed by atoms with E-state index in [4.69, 9.17) is 16.3 Å². The van der Waals surface area contributed by atoms with Crippen LogP contribution in [0.1, 0.15) is 18.1 Å². The zero-order chi connectivity index (χ0) is 19.6. The minimum Gasteiger partial charge on any atom is -0.497 e. The monoisotopic (exact) mass is 393 g/mol. The number of rotatable bonds is 4. The summed E-state index contributed by atoms with van der Waals surface area (Å²) < 4.78 is 43.2. The normalized spacial score (nSPS) is 12.3. The molecule has 140 valence electrons. The van der Waals surface area contributed by atoms with Crippen molar-refractivity contribution in [1.29, 1.82) is 0 Å². The average molecular weight is 394 g/mol. The van der Waals surface area contributed by atoms with Gasteiger partial charge in [-0.1, -0.05) is 29.8 Å². The summed E-state index contributed by atoms with van der Waals surface area (Å²) in [5, 5.41) is 6.04. The minimum absolute atomic E-state index is 0.0505. The molecule has 0 amide bonds. The van der Waals surface area contributed by atoms with Crippen LogP contribution < -0.4 is 10.2 Å². The molecule has 4 nitrogen and oxygen atoms in total. The summed E-state index contributed by atoms with van der Waals surface area (Å²) in [6.07, 6.45) is -3.79. The van der Waals surface area contributed by atoms with E-state index >= 15 is 0 Å². The predicted molar refractivity (Wildman–Crippen MR) is 101 cm³/mol. The lowest BCUT2D eigenvalue weighted by Crippen LogP contribution is -2.07. The third kappa shape index (κ3) is 4.31. The first-order chi connectivity index (χ1) is 12.8. The Morgan fingerprint density at radius 1 is 1.11 bits per heavy atom. The molecule has 8 heteroatoms. The van der Waals surface area contributed by atoms with E-state index in [1.807, 2.05) is 36.4 Å². The van der Waals surface area contributed by atoms with Crippen molar-refractivity contribution in [3.63, 3.8) is 0 Å². The second kappa shape index (κ2) is 7.44. The van der Waals surface area contributed by atoms with Crippen molar-refractivity contribution in [3.05, 3.63) is 64.8 Å². The first kappa shape index (κ1) is 19.0. The van der Waals surface area contributed by atoms with Crippen LogP contribution >= 0.6 is 11.6 Å². The molecule has 0 aliphatic carbocycles. The van der Waals surface area contributed by atoms with E-state index in [-0.39, 0.29) is 10.8 Å². The fourth-order valence-corrected chi connectivity index (χ4v) is 2.66. The molecule has 0 bridgehead atoms. The second-order valence-electron chi connectivity index (χ2n) is 5.79. The van der Waals surface area contributed by atoms with Gasteiger partial charge < -0.3 is 4.74 Å². The highest BCUT2D eigenvalue weighted by molar-refractivity contribution is 6.33. The van der Waals surface area contributed by atoms with Crippen molar-refractivity contribution < 1.29 is 17.9 Å². The molecular weight excluding hydrogens is 379 g/mol. The summed E-state index contributed by atoms with van der Waals surface area (Å²) in [5.74, 6) is 0.819. The van der Waals surface area contributed by atoms with E-state index in [0.717, 1.165) is 28.2 Å². The van der Waals surface area contributed by atoms with Crippen LogP contribution in [-0.2, 0) is 6.18 Å². The Morgan fingerprint density at radius 3 is 2.48 bits per heavy atom. The Morgan fingerprint density at radius 2 is 1.81 bits per heavy atom. The number of hydrogen-bond donors (Lipinski definition) is 1. The van der Waals surface area contributed by atoms with E-state index in [2.05, 4.69) is 15.5 Å². The summed E-state index contributed by atoms with van der Waals surface area (Å²) in [7, 11) is 1.61. The van der Waals surface area contributed by atoms with Crippen LogP contribution in [0, 0.1) is 0 Å². The molecule has 0 saturated carbocycles. The first-order valence-electron chi connectivity index (χ1n) is 7.89. The smallest absolute Gasteiger partial charge is 0.417 e. The summed E-state index contributed by atoms with van der Waals surface area (Å²) in [5.41, 5.74) is 3.18. The number of nitrogens with one attached hydrogen (secondary N) is 1. The number of benzene rings is 2. The zero-order valence-corrected chi connectivity index (χ0v) is 15.2. The van der Waals surface area contributed by atoms with Crippen molar-refractivity contribution in [3.8, 4) is 5.75 Å². The fraction of sp³-hybridized carbons (Fsp3) is 0.158. The third-order valence-corrected chi connectivity index (χ3v) is 4.25. The van der Waals surface area contributed by atoms with Gasteiger partial charge in [-0.3, -0.25) is 5.43 Å². The Balaban J connectivity index is 1.82. The number of halogens is 4. The van der Waals surface area contributed by atoms with Crippen LogP contribution in [0.2, 0.25) is 5.02 Å². The Labute approximate surface area is 158 Å². The van der Waals surface area contributed by atoms with E-state index in [0.29, 0.717) is 11.9 Å². The molecule has 1 N–H and O–H groups in total. The topological polar surface area (TPSA) is 46.5 Å². The first-order valence-corrected chi connectivity index (χ1v) is 8.27. The Hall–Kier alpha value is -2.80. The minimum atomic E-state index is -4.50. The van der Waals surface area contributed by atoms with Crippen LogP contribution in [0.4, 0.5) is 19.0 Å². The molecule has 0 aliphatic heterocycles. The van der Waals surface area contributed by atoms with E-state index in [1.165, 1.54) is 0 Å². The Bertz CT molecular complexity index is 1020. The van der Waals surface area contributed by atoms with Crippen molar-refractivity contribution in [2.24, 2.45) is 5.10 Å². The molecule has 1 heterocycles. The van der Waals surface area contributed by atoms with Gasteiger partial charge in [-0.2, -0.15) is 18.3 Å².